The summed E-state index contributed by atoms with van der Waals surface area (Å²) in [4.78, 5) is 7.12. The van der Waals surface area contributed by atoms with Crippen molar-refractivity contribution in [3.05, 3.63) is 35.9 Å². The van der Waals surface area contributed by atoms with Gasteiger partial charge in [0.1, 0.15) is 0 Å². The lowest BCUT2D eigenvalue weighted by Gasteiger charge is -2.21. The van der Waals surface area contributed by atoms with Crippen LogP contribution in [0.1, 0.15) is 38.4 Å². The second-order valence-corrected chi connectivity index (χ2v) is 6.57. The molecule has 1 saturated heterocycles. The van der Waals surface area contributed by atoms with Crippen LogP contribution in [0.5, 0.6) is 0 Å². The highest BCUT2D eigenvalue weighted by Gasteiger charge is 2.24. The van der Waals surface area contributed by atoms with Gasteiger partial charge in [0, 0.05) is 45.8 Å². The Labute approximate surface area is 152 Å². The fourth-order valence-corrected chi connectivity index (χ4v) is 3.15. The van der Waals surface area contributed by atoms with E-state index in [0.29, 0.717) is 5.92 Å². The molecule has 0 amide bonds. The normalized spacial score (nSPS) is 19.2. The van der Waals surface area contributed by atoms with E-state index in [1.165, 1.54) is 12.0 Å². The van der Waals surface area contributed by atoms with E-state index in [4.69, 9.17) is 14.5 Å². The largest absolute Gasteiger partial charge is 0.384 e. The lowest BCUT2D eigenvalue weighted by atomic mass is 10.1. The SMILES string of the molecule is CCNC(=NCCCOC(C)c1ccccc1)N1CCC(COC)C1. The molecule has 1 heterocycles. The zero-order valence-electron chi connectivity index (χ0n) is 15.9. The predicted octanol–water partition coefficient (Wildman–Crippen LogP) is 3.09. The number of aliphatic imine (C=N–C) groups is 1. The molecule has 25 heavy (non-hydrogen) atoms. The standard InChI is InChI=1S/C20H33N3O2/c1-4-21-20(23-13-11-18(15-23)16-24-3)22-12-8-14-25-17(2)19-9-6-5-7-10-19/h5-7,9-10,17-18H,4,8,11-16H2,1-3H3,(H,21,22). The van der Waals surface area contributed by atoms with E-state index < -0.39 is 0 Å². The summed E-state index contributed by atoms with van der Waals surface area (Å²) in [6.45, 7) is 9.54. The van der Waals surface area contributed by atoms with E-state index in [9.17, 15) is 0 Å². The van der Waals surface area contributed by atoms with Crippen molar-refractivity contribution in [1.82, 2.24) is 10.2 Å². The average molecular weight is 348 g/mol. The van der Waals surface area contributed by atoms with Crippen LogP contribution in [0.25, 0.3) is 0 Å². The van der Waals surface area contributed by atoms with Gasteiger partial charge in [0.25, 0.3) is 0 Å². The van der Waals surface area contributed by atoms with Crippen molar-refractivity contribution in [2.24, 2.45) is 10.9 Å². The van der Waals surface area contributed by atoms with Crippen molar-refractivity contribution in [3.8, 4) is 0 Å². The van der Waals surface area contributed by atoms with E-state index >= 15 is 0 Å². The zero-order chi connectivity index (χ0) is 17.9. The van der Waals surface area contributed by atoms with Crippen LogP contribution in [0.2, 0.25) is 0 Å². The van der Waals surface area contributed by atoms with Gasteiger partial charge in [-0.1, -0.05) is 30.3 Å². The van der Waals surface area contributed by atoms with E-state index in [2.05, 4.69) is 48.3 Å². The number of nitrogens with zero attached hydrogens (tertiary/aromatic N) is 2. The number of rotatable bonds is 9. The van der Waals surface area contributed by atoms with Gasteiger partial charge in [-0.05, 0) is 32.3 Å². The molecule has 2 unspecified atom stereocenters. The van der Waals surface area contributed by atoms with Gasteiger partial charge in [-0.15, -0.1) is 0 Å². The summed E-state index contributed by atoms with van der Waals surface area (Å²) in [6.07, 6.45) is 2.24. The Morgan fingerprint density at radius 1 is 1.36 bits per heavy atom. The number of methoxy groups -OCH3 is 1. The highest BCUT2D eigenvalue weighted by atomic mass is 16.5. The first-order chi connectivity index (χ1) is 12.2. The van der Waals surface area contributed by atoms with Crippen molar-refractivity contribution >= 4 is 5.96 Å². The third-order valence-electron chi connectivity index (χ3n) is 4.52. The molecule has 0 saturated carbocycles. The second kappa shape index (κ2) is 11.1. The summed E-state index contributed by atoms with van der Waals surface area (Å²) in [5.74, 6) is 1.64. The molecule has 1 aliphatic rings. The molecule has 5 nitrogen and oxygen atoms in total. The predicted molar refractivity (Wildman–Crippen MR) is 103 cm³/mol. The van der Waals surface area contributed by atoms with Gasteiger partial charge in [-0.25, -0.2) is 0 Å². The van der Waals surface area contributed by atoms with Crippen LogP contribution in [0, 0.1) is 5.92 Å². The lowest BCUT2D eigenvalue weighted by molar-refractivity contribution is 0.0651. The topological polar surface area (TPSA) is 46.1 Å². The minimum atomic E-state index is 0.131. The molecule has 1 fully saturated rings. The van der Waals surface area contributed by atoms with Crippen molar-refractivity contribution < 1.29 is 9.47 Å². The van der Waals surface area contributed by atoms with Gasteiger partial charge in [0.15, 0.2) is 5.96 Å². The molecule has 1 N–H and O–H groups in total. The molecule has 0 radical (unpaired) electrons. The van der Waals surface area contributed by atoms with E-state index in [1.807, 2.05) is 6.07 Å². The summed E-state index contributed by atoms with van der Waals surface area (Å²) >= 11 is 0. The van der Waals surface area contributed by atoms with E-state index in [0.717, 1.165) is 51.8 Å². The highest BCUT2D eigenvalue weighted by Crippen LogP contribution is 2.17. The van der Waals surface area contributed by atoms with Gasteiger partial charge in [-0.3, -0.25) is 4.99 Å². The molecule has 2 rings (SSSR count). The van der Waals surface area contributed by atoms with Crippen LogP contribution in [-0.2, 0) is 9.47 Å². The summed E-state index contributed by atoms with van der Waals surface area (Å²) < 4.78 is 11.2. The number of ether oxygens (including phenoxy) is 2. The Balaban J connectivity index is 1.72. The third kappa shape index (κ3) is 6.67. The summed E-state index contributed by atoms with van der Waals surface area (Å²) in [6, 6.07) is 10.3. The molecule has 0 spiro atoms. The van der Waals surface area contributed by atoms with E-state index in [-0.39, 0.29) is 6.10 Å². The maximum absolute atomic E-state index is 5.92. The number of guanidine groups is 1. The first-order valence-electron chi connectivity index (χ1n) is 9.43. The van der Waals surface area contributed by atoms with Gasteiger partial charge in [0.05, 0.1) is 12.7 Å². The minimum absolute atomic E-state index is 0.131. The Morgan fingerprint density at radius 2 is 2.16 bits per heavy atom. The molecular weight excluding hydrogens is 314 g/mol. The molecule has 5 heteroatoms. The van der Waals surface area contributed by atoms with Crippen LogP contribution in [0.15, 0.2) is 35.3 Å². The number of nitrogens with one attached hydrogen (secondary N) is 1. The van der Waals surface area contributed by atoms with Gasteiger partial charge >= 0.3 is 0 Å². The molecule has 1 aromatic rings. The number of likely N-dealkylation sites (tertiary alicyclic amines) is 1. The van der Waals surface area contributed by atoms with Crippen LogP contribution in [0.4, 0.5) is 0 Å². The van der Waals surface area contributed by atoms with Crippen LogP contribution in [-0.4, -0.2) is 57.4 Å². The molecule has 0 aromatic heterocycles. The number of hydrogen-bond acceptors (Lipinski definition) is 3. The Bertz CT molecular complexity index is 507. The molecule has 1 aliphatic heterocycles. The number of benzene rings is 1. The lowest BCUT2D eigenvalue weighted by Crippen LogP contribution is -2.40. The zero-order valence-corrected chi connectivity index (χ0v) is 15.9. The third-order valence-corrected chi connectivity index (χ3v) is 4.52. The second-order valence-electron chi connectivity index (χ2n) is 6.57. The molecular formula is C20H33N3O2. The summed E-state index contributed by atoms with van der Waals surface area (Å²) in [7, 11) is 1.78. The molecule has 2 atom stereocenters. The van der Waals surface area contributed by atoms with Crippen LogP contribution < -0.4 is 5.32 Å². The minimum Gasteiger partial charge on any atom is -0.384 e. The van der Waals surface area contributed by atoms with Gasteiger partial charge in [0.2, 0.25) is 0 Å². The Hall–Kier alpha value is -1.59. The quantitative estimate of drug-likeness (QED) is 0.424. The fourth-order valence-electron chi connectivity index (χ4n) is 3.15. The first-order valence-corrected chi connectivity index (χ1v) is 9.43. The smallest absolute Gasteiger partial charge is 0.193 e. The fraction of sp³-hybridized carbons (Fsp3) is 0.650. The van der Waals surface area contributed by atoms with E-state index in [1.54, 1.807) is 7.11 Å². The Morgan fingerprint density at radius 3 is 2.88 bits per heavy atom. The summed E-state index contributed by atoms with van der Waals surface area (Å²) in [5.41, 5.74) is 1.22. The highest BCUT2D eigenvalue weighted by molar-refractivity contribution is 5.80. The van der Waals surface area contributed by atoms with Crippen molar-refractivity contribution in [2.45, 2.75) is 32.8 Å². The monoisotopic (exact) mass is 347 g/mol. The maximum Gasteiger partial charge on any atom is 0.193 e. The average Bonchev–Trinajstić information content (AvgIpc) is 3.10. The van der Waals surface area contributed by atoms with Crippen LogP contribution in [0.3, 0.4) is 0 Å². The van der Waals surface area contributed by atoms with Crippen LogP contribution >= 0.6 is 0 Å². The molecule has 0 aliphatic carbocycles. The van der Waals surface area contributed by atoms with Crippen molar-refractivity contribution in [3.63, 3.8) is 0 Å². The van der Waals surface area contributed by atoms with Crippen molar-refractivity contribution in [2.75, 3.05) is 46.5 Å². The molecule has 140 valence electrons. The number of hydrogen-bond donors (Lipinski definition) is 1. The molecule has 0 bridgehead atoms. The van der Waals surface area contributed by atoms with Crippen molar-refractivity contribution in [1.29, 1.82) is 0 Å². The first kappa shape index (κ1) is 19.7. The van der Waals surface area contributed by atoms with Gasteiger partial charge < -0.3 is 19.7 Å². The molecule has 1 aromatic carbocycles. The van der Waals surface area contributed by atoms with Gasteiger partial charge in [-0.2, -0.15) is 0 Å². The summed E-state index contributed by atoms with van der Waals surface area (Å²) in [5, 5.41) is 3.41. The maximum atomic E-state index is 5.92. The Kier molecular flexibility index (Phi) is 8.77.